The molecule has 0 unspecified atom stereocenters. The molecular weight excluding hydrogens is 344 g/mol. The predicted molar refractivity (Wildman–Crippen MR) is 82.5 cm³/mol. The summed E-state index contributed by atoms with van der Waals surface area (Å²) in [6.07, 6.45) is 0. The Labute approximate surface area is 161 Å². The van der Waals surface area contributed by atoms with Gasteiger partial charge in [-0.05, 0) is 24.6 Å². The van der Waals surface area contributed by atoms with Crippen LogP contribution in [0.15, 0.2) is 36.4 Å². The van der Waals surface area contributed by atoms with Crippen LogP contribution in [-0.4, -0.2) is 5.97 Å². The molecule has 0 amide bonds. The van der Waals surface area contributed by atoms with Gasteiger partial charge in [0.25, 0.3) is 0 Å². The molecule has 0 aliphatic heterocycles. The zero-order valence-corrected chi connectivity index (χ0v) is 15.8. The van der Waals surface area contributed by atoms with E-state index in [1.807, 2.05) is 6.92 Å². The monoisotopic (exact) mass is 353 g/mol. The van der Waals surface area contributed by atoms with Crippen LogP contribution in [0.5, 0.6) is 0 Å². The molecule has 2 aromatic rings. The number of hydrogen-bond donors (Lipinski definition) is 1. The smallest absolute Gasteiger partial charge is 0.545 e. The van der Waals surface area contributed by atoms with Crippen LogP contribution in [0, 0.1) is 6.92 Å². The van der Waals surface area contributed by atoms with Gasteiger partial charge in [-0.25, -0.2) is 0 Å². The maximum absolute atomic E-state index is 11.0. The Kier molecular flexibility index (Phi) is 8.71. The summed E-state index contributed by atoms with van der Waals surface area (Å²) >= 11 is 12.2. The summed E-state index contributed by atoms with van der Waals surface area (Å²) in [7, 11) is 0. The zero-order valence-electron chi connectivity index (χ0n) is 11.4. The first-order valence-corrected chi connectivity index (χ1v) is 6.28. The normalized spacial score (nSPS) is 9.29. The van der Waals surface area contributed by atoms with Crippen LogP contribution in [0.4, 0.5) is 11.4 Å². The van der Waals surface area contributed by atoms with Gasteiger partial charge in [0.15, 0.2) is 0 Å². The third-order valence-corrected chi connectivity index (χ3v) is 3.49. The van der Waals surface area contributed by atoms with Crippen molar-refractivity contribution in [2.24, 2.45) is 0 Å². The van der Waals surface area contributed by atoms with Crippen LogP contribution in [0.2, 0.25) is 10.0 Å². The number of rotatable bonds is 3. The molecule has 0 heterocycles. The molecule has 2 rings (SSSR count). The van der Waals surface area contributed by atoms with Gasteiger partial charge in [0.05, 0.1) is 21.7 Å². The first-order chi connectivity index (χ1) is 9.00. The molecule has 0 fully saturated rings. The number of carbonyl (C=O) groups excluding carboxylic acids is 1. The van der Waals surface area contributed by atoms with E-state index >= 15 is 0 Å². The zero-order chi connectivity index (χ0) is 14.0. The topological polar surface area (TPSA) is 52.2 Å². The molecule has 0 bridgehead atoms. The second kappa shape index (κ2) is 8.89. The number of halogens is 3. The largest absolute Gasteiger partial charge is 1.00 e. The van der Waals surface area contributed by atoms with Crippen molar-refractivity contribution in [3.05, 3.63) is 57.6 Å². The number of benzene rings is 2. The summed E-state index contributed by atoms with van der Waals surface area (Å²) in [6.45, 7) is 1.84. The van der Waals surface area contributed by atoms with Gasteiger partial charge in [0.1, 0.15) is 0 Å². The van der Waals surface area contributed by atoms with E-state index in [-0.39, 0.29) is 47.5 Å². The number of aromatic carboxylic acids is 1. The molecular formula is C14H11Cl3NNaO2. The number of nitrogens with one attached hydrogen (secondary N) is 1. The van der Waals surface area contributed by atoms with Gasteiger partial charge >= 0.3 is 29.6 Å². The number of hydrogen-bond acceptors (Lipinski definition) is 3. The Hall–Kier alpha value is -0.420. The molecule has 0 aliphatic carbocycles. The van der Waals surface area contributed by atoms with Crippen LogP contribution in [0.1, 0.15) is 15.9 Å². The van der Waals surface area contributed by atoms with Gasteiger partial charge in [-0.1, -0.05) is 47.5 Å². The van der Waals surface area contributed by atoms with E-state index in [9.17, 15) is 9.90 Å². The molecule has 0 saturated heterocycles. The van der Waals surface area contributed by atoms with Crippen molar-refractivity contribution in [1.29, 1.82) is 0 Å². The number of carbonyl (C=O) groups is 1. The van der Waals surface area contributed by atoms with E-state index < -0.39 is 5.97 Å². The fourth-order valence-corrected chi connectivity index (χ4v) is 2.14. The first kappa shape index (κ1) is 20.6. The van der Waals surface area contributed by atoms with Crippen LogP contribution in [-0.2, 0) is 0 Å². The van der Waals surface area contributed by atoms with Gasteiger partial charge in [-0.15, -0.1) is 12.4 Å². The minimum atomic E-state index is -1.26. The Balaban J connectivity index is 0.00000200. The molecule has 3 nitrogen and oxygen atoms in total. The van der Waals surface area contributed by atoms with Crippen molar-refractivity contribution >= 4 is 53.0 Å². The number of para-hydroxylation sites is 1. The van der Waals surface area contributed by atoms with Crippen LogP contribution in [0.25, 0.3) is 0 Å². The Morgan fingerprint density at radius 1 is 1.14 bits per heavy atom. The SMILES string of the molecule is Cc1ccc(Cl)c(Nc2ccccc2C(=O)[O-])c1Cl.Cl.[Na+]. The van der Waals surface area contributed by atoms with Crippen molar-refractivity contribution in [2.45, 2.75) is 6.92 Å². The minimum Gasteiger partial charge on any atom is -0.545 e. The molecule has 0 atom stereocenters. The fraction of sp³-hybridized carbons (Fsp3) is 0.0714. The van der Waals surface area contributed by atoms with E-state index in [1.165, 1.54) is 6.07 Å². The molecule has 2 aromatic carbocycles. The van der Waals surface area contributed by atoms with E-state index in [2.05, 4.69) is 5.32 Å². The summed E-state index contributed by atoms with van der Waals surface area (Å²) in [4.78, 5) is 11.0. The Bertz CT molecular complexity index is 650. The molecule has 0 saturated carbocycles. The van der Waals surface area contributed by atoms with Gasteiger partial charge in [-0.2, -0.15) is 0 Å². The van der Waals surface area contributed by atoms with Gasteiger partial charge in [0.2, 0.25) is 0 Å². The first-order valence-electron chi connectivity index (χ1n) is 5.52. The Morgan fingerprint density at radius 3 is 2.38 bits per heavy atom. The van der Waals surface area contributed by atoms with Gasteiger partial charge < -0.3 is 15.2 Å². The number of carboxylic acids is 1. The summed E-state index contributed by atoms with van der Waals surface area (Å²) in [5, 5.41) is 14.9. The second-order valence-corrected chi connectivity index (χ2v) is 4.80. The van der Waals surface area contributed by atoms with Crippen molar-refractivity contribution in [2.75, 3.05) is 5.32 Å². The molecule has 0 spiro atoms. The third kappa shape index (κ3) is 4.78. The molecule has 0 aliphatic rings. The average molecular weight is 355 g/mol. The Morgan fingerprint density at radius 2 is 1.76 bits per heavy atom. The van der Waals surface area contributed by atoms with Gasteiger partial charge in [0, 0.05) is 11.3 Å². The van der Waals surface area contributed by atoms with E-state index in [0.29, 0.717) is 21.4 Å². The van der Waals surface area contributed by atoms with Crippen LogP contribution >= 0.6 is 35.6 Å². The molecule has 21 heavy (non-hydrogen) atoms. The maximum Gasteiger partial charge on any atom is 1.00 e. The molecule has 0 radical (unpaired) electrons. The maximum atomic E-state index is 11.0. The number of anilines is 2. The van der Waals surface area contributed by atoms with Crippen LogP contribution in [0.3, 0.4) is 0 Å². The third-order valence-electron chi connectivity index (χ3n) is 2.69. The number of carboxylic acid groups (broad SMARTS) is 1. The van der Waals surface area contributed by atoms with Crippen LogP contribution < -0.4 is 40.0 Å². The quantitative estimate of drug-likeness (QED) is 0.831. The second-order valence-electron chi connectivity index (χ2n) is 4.01. The number of aryl methyl sites for hydroxylation is 1. The molecule has 7 heteroatoms. The van der Waals surface area contributed by atoms with Crippen molar-refractivity contribution < 1.29 is 39.5 Å². The summed E-state index contributed by atoms with van der Waals surface area (Å²) in [6, 6.07) is 9.91. The predicted octanol–water partition coefficient (Wildman–Crippen LogP) is 0.835. The summed E-state index contributed by atoms with van der Waals surface area (Å²) in [5.41, 5.74) is 1.77. The van der Waals surface area contributed by atoms with E-state index in [1.54, 1.807) is 30.3 Å². The molecule has 106 valence electrons. The van der Waals surface area contributed by atoms with Crippen molar-refractivity contribution in [1.82, 2.24) is 0 Å². The molecule has 0 aromatic heterocycles. The summed E-state index contributed by atoms with van der Waals surface area (Å²) < 4.78 is 0. The summed E-state index contributed by atoms with van der Waals surface area (Å²) in [5.74, 6) is -1.26. The van der Waals surface area contributed by atoms with Crippen molar-refractivity contribution in [3.8, 4) is 0 Å². The van der Waals surface area contributed by atoms with E-state index in [4.69, 9.17) is 23.2 Å². The minimum absolute atomic E-state index is 0. The average Bonchev–Trinajstić information content (AvgIpc) is 2.39. The van der Waals surface area contributed by atoms with Crippen molar-refractivity contribution in [3.63, 3.8) is 0 Å². The standard InChI is InChI=1S/C14H11Cl2NO2.ClH.Na/c1-8-6-7-10(15)13(12(8)16)17-11-5-3-2-4-9(11)14(18)19;;/h2-7,17H,1H3,(H,18,19);1H;/q;;+1/p-1. The fourth-order valence-electron chi connectivity index (χ4n) is 1.68. The molecule has 1 N–H and O–H groups in total. The van der Waals surface area contributed by atoms with Gasteiger partial charge in [-0.3, -0.25) is 0 Å². The van der Waals surface area contributed by atoms with E-state index in [0.717, 1.165) is 5.56 Å².